The van der Waals surface area contributed by atoms with Gasteiger partial charge in [-0.05, 0) is 6.92 Å². The van der Waals surface area contributed by atoms with Crippen molar-refractivity contribution in [1.82, 2.24) is 0 Å². The molecule has 8 heteroatoms. The Kier molecular flexibility index (Phi) is 3.30. The van der Waals surface area contributed by atoms with Gasteiger partial charge < -0.3 is 9.47 Å². The van der Waals surface area contributed by atoms with E-state index >= 15 is 0 Å². The maximum Gasteiger partial charge on any atom is 0.327 e. The van der Waals surface area contributed by atoms with E-state index in [1.54, 1.807) is 0 Å². The molecule has 1 aliphatic heterocycles. The van der Waals surface area contributed by atoms with Crippen molar-refractivity contribution >= 4 is 22.1 Å². The van der Waals surface area contributed by atoms with Crippen LogP contribution in [-0.2, 0) is 29.2 Å². The number of esters is 2. The van der Waals surface area contributed by atoms with Gasteiger partial charge >= 0.3 is 11.9 Å². The molecular formula is C7H10O7S. The van der Waals surface area contributed by atoms with Gasteiger partial charge in [0, 0.05) is 0 Å². The molecule has 1 heterocycles. The van der Waals surface area contributed by atoms with Gasteiger partial charge in [0.15, 0.2) is 5.25 Å². The maximum absolute atomic E-state index is 11.1. The first-order chi connectivity index (χ1) is 6.80. The largest absolute Gasteiger partial charge is 0.461 e. The summed E-state index contributed by atoms with van der Waals surface area (Å²) in [5.41, 5.74) is 0. The van der Waals surface area contributed by atoms with Crippen molar-refractivity contribution in [2.75, 3.05) is 6.61 Å². The van der Waals surface area contributed by atoms with Crippen LogP contribution in [0.15, 0.2) is 0 Å². The molecule has 0 aromatic rings. The molecule has 2 atom stereocenters. The summed E-state index contributed by atoms with van der Waals surface area (Å²) in [5, 5.41) is -1.89. The van der Waals surface area contributed by atoms with Crippen molar-refractivity contribution in [1.29, 1.82) is 0 Å². The van der Waals surface area contributed by atoms with E-state index < -0.39 is 39.8 Å². The smallest absolute Gasteiger partial charge is 0.327 e. The van der Waals surface area contributed by atoms with Crippen LogP contribution in [0.1, 0.15) is 13.3 Å². The minimum Gasteiger partial charge on any atom is -0.461 e. The number of rotatable bonds is 1. The summed E-state index contributed by atoms with van der Waals surface area (Å²) in [5.74, 6) is -2.00. The lowest BCUT2D eigenvalue weighted by atomic mass is 10.3. The van der Waals surface area contributed by atoms with Crippen molar-refractivity contribution in [3.63, 3.8) is 0 Å². The zero-order valence-corrected chi connectivity index (χ0v) is 8.69. The summed E-state index contributed by atoms with van der Waals surface area (Å²) in [6.45, 7) is 1.27. The number of hydrogen-bond donors (Lipinski definition) is 1. The Morgan fingerprint density at radius 1 is 1.40 bits per heavy atom. The lowest BCUT2D eigenvalue weighted by Crippen LogP contribution is -2.39. The average Bonchev–Trinajstić information content (AvgIpc) is 2.06. The van der Waals surface area contributed by atoms with Crippen molar-refractivity contribution in [3.8, 4) is 0 Å². The van der Waals surface area contributed by atoms with Crippen LogP contribution < -0.4 is 0 Å². The van der Waals surface area contributed by atoms with E-state index in [1.807, 2.05) is 0 Å². The van der Waals surface area contributed by atoms with Crippen LogP contribution in [0, 0.1) is 0 Å². The highest BCUT2D eigenvalue weighted by molar-refractivity contribution is 7.87. The van der Waals surface area contributed by atoms with E-state index in [2.05, 4.69) is 9.47 Å². The Labute approximate surface area is 86.1 Å². The topological polar surface area (TPSA) is 107 Å². The normalized spacial score (nSPS) is 28.7. The molecule has 0 bridgehead atoms. The second kappa shape index (κ2) is 4.15. The Morgan fingerprint density at radius 3 is 2.53 bits per heavy atom. The Balaban J connectivity index is 2.89. The van der Waals surface area contributed by atoms with Crippen LogP contribution in [0.3, 0.4) is 0 Å². The number of carbonyl (C=O) groups is 2. The molecule has 0 aliphatic carbocycles. The molecule has 0 radical (unpaired) electrons. The monoisotopic (exact) mass is 238 g/mol. The molecular weight excluding hydrogens is 228 g/mol. The predicted molar refractivity (Wildman–Crippen MR) is 46.5 cm³/mol. The van der Waals surface area contributed by atoms with Crippen LogP contribution in [0.2, 0.25) is 0 Å². The molecule has 1 fully saturated rings. The van der Waals surface area contributed by atoms with Crippen molar-refractivity contribution in [2.45, 2.75) is 24.7 Å². The summed E-state index contributed by atoms with van der Waals surface area (Å²) < 4.78 is 39.3. The Bertz CT molecular complexity index is 371. The standard InChI is InChI=1S/C7H10O7S/c1-4-3-13-7(9)5(15(10,11)12)2-6(8)14-4/h4-5H,2-3H2,1H3,(H,10,11,12). The number of cyclic esters (lactones) is 2. The van der Waals surface area contributed by atoms with Gasteiger partial charge in [0.25, 0.3) is 10.1 Å². The molecule has 1 saturated heterocycles. The summed E-state index contributed by atoms with van der Waals surface area (Å²) in [7, 11) is -4.64. The van der Waals surface area contributed by atoms with Crippen molar-refractivity contribution < 1.29 is 32.0 Å². The number of carbonyl (C=O) groups excluding carboxylic acids is 2. The lowest BCUT2D eigenvalue weighted by molar-refractivity contribution is -0.164. The van der Waals surface area contributed by atoms with Crippen LogP contribution in [0.4, 0.5) is 0 Å². The third-order valence-electron chi connectivity index (χ3n) is 1.77. The van der Waals surface area contributed by atoms with Gasteiger partial charge in [-0.2, -0.15) is 8.42 Å². The average molecular weight is 238 g/mol. The van der Waals surface area contributed by atoms with E-state index in [0.29, 0.717) is 0 Å². The third-order valence-corrected chi connectivity index (χ3v) is 2.85. The summed E-state index contributed by atoms with van der Waals surface area (Å²) in [4.78, 5) is 22.2. The molecule has 0 spiro atoms. The highest BCUT2D eigenvalue weighted by Crippen LogP contribution is 2.12. The molecule has 7 nitrogen and oxygen atoms in total. The maximum atomic E-state index is 11.1. The lowest BCUT2D eigenvalue weighted by Gasteiger charge is -2.20. The van der Waals surface area contributed by atoms with Crippen LogP contribution >= 0.6 is 0 Å². The first kappa shape index (κ1) is 11.9. The SMILES string of the molecule is CC1COC(=O)C(S(=O)(=O)O)CC(=O)O1. The first-order valence-electron chi connectivity index (χ1n) is 4.13. The van der Waals surface area contributed by atoms with E-state index in [9.17, 15) is 18.0 Å². The molecule has 86 valence electrons. The number of hydrogen-bond acceptors (Lipinski definition) is 6. The first-order valence-corrected chi connectivity index (χ1v) is 5.63. The minimum atomic E-state index is -4.64. The fourth-order valence-corrected chi connectivity index (χ4v) is 1.72. The van der Waals surface area contributed by atoms with E-state index in [4.69, 9.17) is 4.55 Å². The third kappa shape index (κ3) is 3.17. The van der Waals surface area contributed by atoms with Crippen LogP contribution in [0.5, 0.6) is 0 Å². The van der Waals surface area contributed by atoms with E-state index in [1.165, 1.54) is 6.92 Å². The van der Waals surface area contributed by atoms with Gasteiger partial charge in [0.05, 0.1) is 6.42 Å². The van der Waals surface area contributed by atoms with Crippen molar-refractivity contribution in [2.24, 2.45) is 0 Å². The van der Waals surface area contributed by atoms with Gasteiger partial charge in [-0.1, -0.05) is 0 Å². The zero-order chi connectivity index (χ0) is 11.6. The van der Waals surface area contributed by atoms with Gasteiger partial charge in [-0.15, -0.1) is 0 Å². The van der Waals surface area contributed by atoms with E-state index in [0.717, 1.165) is 0 Å². The zero-order valence-electron chi connectivity index (χ0n) is 7.87. The molecule has 0 amide bonds. The summed E-state index contributed by atoms with van der Waals surface area (Å²) in [6.07, 6.45) is -1.36. The van der Waals surface area contributed by atoms with Crippen molar-refractivity contribution in [3.05, 3.63) is 0 Å². The molecule has 0 aromatic carbocycles. The highest BCUT2D eigenvalue weighted by Gasteiger charge is 2.37. The molecule has 1 N–H and O–H groups in total. The minimum absolute atomic E-state index is 0.226. The van der Waals surface area contributed by atoms with Crippen LogP contribution in [0.25, 0.3) is 0 Å². The molecule has 1 rings (SSSR count). The highest BCUT2D eigenvalue weighted by atomic mass is 32.2. The fraction of sp³-hybridized carbons (Fsp3) is 0.714. The van der Waals surface area contributed by atoms with Crippen LogP contribution in [-0.4, -0.2) is 42.9 Å². The summed E-state index contributed by atoms with van der Waals surface area (Å²) in [6, 6.07) is 0. The summed E-state index contributed by atoms with van der Waals surface area (Å²) >= 11 is 0. The van der Waals surface area contributed by atoms with E-state index in [-0.39, 0.29) is 6.61 Å². The number of ether oxygens (including phenoxy) is 2. The van der Waals surface area contributed by atoms with Gasteiger partial charge in [-0.25, -0.2) is 0 Å². The quantitative estimate of drug-likeness (QED) is 0.467. The Morgan fingerprint density at radius 2 is 2.00 bits per heavy atom. The second-order valence-electron chi connectivity index (χ2n) is 3.14. The molecule has 1 aliphatic rings. The van der Waals surface area contributed by atoms with Gasteiger partial charge in [0.1, 0.15) is 12.7 Å². The molecule has 15 heavy (non-hydrogen) atoms. The molecule has 0 saturated carbocycles. The van der Waals surface area contributed by atoms with Gasteiger partial charge in [0.2, 0.25) is 0 Å². The Hall–Kier alpha value is -1.15. The molecule has 0 aromatic heterocycles. The molecule has 2 unspecified atom stereocenters. The predicted octanol–water partition coefficient (Wildman–Crippen LogP) is -0.879. The second-order valence-corrected chi connectivity index (χ2v) is 4.74. The fourth-order valence-electron chi connectivity index (χ4n) is 1.06. The van der Waals surface area contributed by atoms with Gasteiger partial charge in [-0.3, -0.25) is 14.1 Å².